The summed E-state index contributed by atoms with van der Waals surface area (Å²) in [6.07, 6.45) is 12.4. The first kappa shape index (κ1) is 13.9. The third kappa shape index (κ3) is 2.73. The topological polar surface area (TPSA) is 40.1 Å². The zero-order valence-electron chi connectivity index (χ0n) is 11.7. The van der Waals surface area contributed by atoms with Crippen molar-refractivity contribution in [3.8, 4) is 0 Å². The predicted octanol–water partition coefficient (Wildman–Crippen LogP) is 3.29. The molecule has 0 N–H and O–H groups in total. The molecule has 2 heteroatoms. The highest BCUT2D eigenvalue weighted by Gasteiger charge is 2.42. The molecule has 0 aliphatic heterocycles. The van der Waals surface area contributed by atoms with Crippen molar-refractivity contribution in [2.45, 2.75) is 77.6 Å². The summed E-state index contributed by atoms with van der Waals surface area (Å²) in [5.74, 6) is 0.425. The summed E-state index contributed by atoms with van der Waals surface area (Å²) >= 11 is 0. The smallest absolute Gasteiger partial charge is 0.0479 e. The first-order chi connectivity index (χ1) is 8.69. The van der Waals surface area contributed by atoms with E-state index in [4.69, 9.17) is 0 Å². The van der Waals surface area contributed by atoms with E-state index in [1.165, 1.54) is 32.1 Å². The first-order valence-corrected chi connectivity index (χ1v) is 7.90. The van der Waals surface area contributed by atoms with E-state index in [0.717, 1.165) is 44.4 Å². The Kier molecular flexibility index (Phi) is 4.69. The molecule has 0 radical (unpaired) electrons. The molecule has 0 aromatic carbocycles. The van der Waals surface area contributed by atoms with E-state index >= 15 is 0 Å². The Hall–Kier alpha value is -0.530. The molecule has 0 amide bonds. The summed E-state index contributed by atoms with van der Waals surface area (Å²) in [6, 6.07) is 0. The number of carbonyl (C=O) groups is 1. The van der Waals surface area contributed by atoms with Crippen LogP contribution in [-0.2, 0) is 4.79 Å². The highest BCUT2D eigenvalue weighted by atomic mass is 16.4. The molecule has 2 nitrogen and oxygen atoms in total. The third-order valence-electron chi connectivity index (χ3n) is 5.49. The van der Waals surface area contributed by atoms with Crippen LogP contribution in [0.3, 0.4) is 0 Å². The molecule has 2 fully saturated rings. The lowest BCUT2D eigenvalue weighted by atomic mass is 9.60. The molecule has 18 heavy (non-hydrogen) atoms. The zero-order chi connectivity index (χ0) is 13.0. The Bertz CT molecular complexity index is 271. The first-order valence-electron chi connectivity index (χ1n) is 7.90. The van der Waals surface area contributed by atoms with Gasteiger partial charge in [-0.15, -0.1) is 0 Å². The predicted molar refractivity (Wildman–Crippen MR) is 70.9 cm³/mol. The molecule has 0 aromatic rings. The van der Waals surface area contributed by atoms with E-state index in [2.05, 4.69) is 6.92 Å². The van der Waals surface area contributed by atoms with Gasteiger partial charge in [-0.2, -0.15) is 0 Å². The number of aliphatic carboxylic acids is 1. The monoisotopic (exact) mass is 251 g/mol. The fraction of sp³-hybridized carbons (Fsp3) is 0.938. The van der Waals surface area contributed by atoms with Crippen molar-refractivity contribution in [2.24, 2.45) is 17.3 Å². The number of carboxylic acids is 1. The molecule has 2 aliphatic rings. The van der Waals surface area contributed by atoms with Crippen molar-refractivity contribution in [3.05, 3.63) is 0 Å². The van der Waals surface area contributed by atoms with Crippen LogP contribution in [-0.4, -0.2) is 5.97 Å². The summed E-state index contributed by atoms with van der Waals surface area (Å²) in [6.45, 7) is 2.22. The highest BCUT2D eigenvalue weighted by molar-refractivity contribution is 5.73. The summed E-state index contributed by atoms with van der Waals surface area (Å²) in [5.41, 5.74) is -0.468. The molecular weight excluding hydrogens is 224 g/mol. The van der Waals surface area contributed by atoms with Crippen LogP contribution in [0.2, 0.25) is 0 Å². The Labute approximate surface area is 111 Å². The summed E-state index contributed by atoms with van der Waals surface area (Å²) in [4.78, 5) is 11.7. The van der Waals surface area contributed by atoms with Gasteiger partial charge in [-0.05, 0) is 50.4 Å². The van der Waals surface area contributed by atoms with Crippen molar-refractivity contribution in [1.82, 2.24) is 0 Å². The van der Waals surface area contributed by atoms with Gasteiger partial charge in [-0.3, -0.25) is 0 Å². The molecule has 0 aromatic heterocycles. The Balaban J connectivity index is 2.02. The van der Waals surface area contributed by atoms with E-state index in [-0.39, 0.29) is 0 Å². The van der Waals surface area contributed by atoms with Crippen LogP contribution in [0.15, 0.2) is 0 Å². The standard InChI is InChI=1S/C16H28O2/c1-2-6-13-9-11-16(12-10-13,15(17)18)14-7-4-3-5-8-14/h13-14H,2-12H2,1H3,(H,17,18)/p-1. The van der Waals surface area contributed by atoms with Crippen LogP contribution in [0.4, 0.5) is 0 Å². The van der Waals surface area contributed by atoms with Crippen LogP contribution in [0.5, 0.6) is 0 Å². The van der Waals surface area contributed by atoms with Crippen molar-refractivity contribution in [1.29, 1.82) is 0 Å². The second-order valence-corrected chi connectivity index (χ2v) is 6.51. The minimum atomic E-state index is -0.746. The lowest BCUT2D eigenvalue weighted by Gasteiger charge is -2.48. The average molecular weight is 251 g/mol. The SMILES string of the molecule is CCCC1CCC(C(=O)[O-])(C2CCCCC2)CC1. The van der Waals surface area contributed by atoms with Crippen LogP contribution in [0, 0.1) is 17.3 Å². The maximum Gasteiger partial charge on any atom is 0.0479 e. The van der Waals surface area contributed by atoms with Crippen molar-refractivity contribution >= 4 is 5.97 Å². The Morgan fingerprint density at radius 1 is 1.11 bits per heavy atom. The fourth-order valence-corrected chi connectivity index (χ4v) is 4.32. The number of rotatable bonds is 4. The molecule has 0 saturated heterocycles. The molecule has 0 bridgehead atoms. The molecule has 0 unspecified atom stereocenters. The lowest BCUT2D eigenvalue weighted by molar-refractivity contribution is -0.325. The molecule has 104 valence electrons. The summed E-state index contributed by atoms with van der Waals surface area (Å²) in [7, 11) is 0. The maximum absolute atomic E-state index is 11.7. The number of carbonyl (C=O) groups excluding carboxylic acids is 1. The maximum atomic E-state index is 11.7. The molecule has 0 spiro atoms. The van der Waals surface area contributed by atoms with E-state index in [9.17, 15) is 9.90 Å². The quantitative estimate of drug-likeness (QED) is 0.769. The molecule has 0 atom stereocenters. The van der Waals surface area contributed by atoms with Gasteiger partial charge in [0.15, 0.2) is 0 Å². The van der Waals surface area contributed by atoms with Gasteiger partial charge in [0.25, 0.3) is 0 Å². The van der Waals surface area contributed by atoms with Crippen molar-refractivity contribution < 1.29 is 9.90 Å². The average Bonchev–Trinajstić information content (AvgIpc) is 2.41. The fourth-order valence-electron chi connectivity index (χ4n) is 4.32. The summed E-state index contributed by atoms with van der Waals surface area (Å²) in [5, 5.41) is 11.7. The molecule has 2 aliphatic carbocycles. The van der Waals surface area contributed by atoms with Gasteiger partial charge < -0.3 is 9.90 Å². The second kappa shape index (κ2) is 6.08. The van der Waals surface area contributed by atoms with Gasteiger partial charge in [0.2, 0.25) is 0 Å². The van der Waals surface area contributed by atoms with Crippen LogP contribution >= 0.6 is 0 Å². The largest absolute Gasteiger partial charge is 0.550 e. The van der Waals surface area contributed by atoms with Crippen LogP contribution in [0.1, 0.15) is 77.6 Å². The van der Waals surface area contributed by atoms with Crippen LogP contribution in [0.25, 0.3) is 0 Å². The van der Waals surface area contributed by atoms with Gasteiger partial charge >= 0.3 is 0 Å². The Morgan fingerprint density at radius 3 is 2.22 bits per heavy atom. The van der Waals surface area contributed by atoms with Crippen LogP contribution < -0.4 is 5.11 Å². The molecule has 0 heterocycles. The van der Waals surface area contributed by atoms with E-state index in [1.807, 2.05) is 0 Å². The second-order valence-electron chi connectivity index (χ2n) is 6.51. The van der Waals surface area contributed by atoms with Crippen molar-refractivity contribution in [2.75, 3.05) is 0 Å². The van der Waals surface area contributed by atoms with Gasteiger partial charge in [-0.1, -0.05) is 39.0 Å². The van der Waals surface area contributed by atoms with E-state index < -0.39 is 11.4 Å². The minimum absolute atomic E-state index is 0.402. The molecule has 2 rings (SSSR count). The van der Waals surface area contributed by atoms with E-state index in [0.29, 0.717) is 5.92 Å². The number of hydrogen-bond donors (Lipinski definition) is 0. The number of carboxylic acid groups (broad SMARTS) is 1. The normalized spacial score (nSPS) is 34.4. The van der Waals surface area contributed by atoms with E-state index in [1.54, 1.807) is 0 Å². The van der Waals surface area contributed by atoms with Gasteiger partial charge in [0.1, 0.15) is 0 Å². The number of hydrogen-bond acceptors (Lipinski definition) is 2. The molecular formula is C16H27O2-. The Morgan fingerprint density at radius 2 is 1.72 bits per heavy atom. The van der Waals surface area contributed by atoms with Gasteiger partial charge in [-0.25, -0.2) is 0 Å². The highest BCUT2D eigenvalue weighted by Crippen LogP contribution is 2.49. The third-order valence-corrected chi connectivity index (χ3v) is 5.49. The van der Waals surface area contributed by atoms with Crippen molar-refractivity contribution in [3.63, 3.8) is 0 Å². The summed E-state index contributed by atoms with van der Waals surface area (Å²) < 4.78 is 0. The van der Waals surface area contributed by atoms with Gasteiger partial charge in [0.05, 0.1) is 0 Å². The minimum Gasteiger partial charge on any atom is -0.550 e. The zero-order valence-corrected chi connectivity index (χ0v) is 11.7. The molecule has 2 saturated carbocycles. The lowest BCUT2D eigenvalue weighted by Crippen LogP contribution is -2.50. The van der Waals surface area contributed by atoms with Gasteiger partial charge in [0, 0.05) is 11.4 Å².